The second kappa shape index (κ2) is 4.83. The van der Waals surface area contributed by atoms with Crippen LogP contribution in [0.25, 0.3) is 0 Å². The summed E-state index contributed by atoms with van der Waals surface area (Å²) in [6, 6.07) is -0.423. The Bertz CT molecular complexity index is 400. The van der Waals surface area contributed by atoms with E-state index in [0.717, 1.165) is 25.2 Å². The Morgan fingerprint density at radius 1 is 1.65 bits per heavy atom. The lowest BCUT2D eigenvalue weighted by atomic mass is 9.96. The number of rotatable bonds is 2. The van der Waals surface area contributed by atoms with E-state index in [-0.39, 0.29) is 11.8 Å². The minimum Gasteiger partial charge on any atom is -0.341 e. The molecule has 6 heteroatoms. The smallest absolute Gasteiger partial charge is 0.239 e. The van der Waals surface area contributed by atoms with Gasteiger partial charge in [0, 0.05) is 26.1 Å². The number of carbonyl (C=O) groups excluding carboxylic acids is 1. The maximum absolute atomic E-state index is 11.9. The third-order valence-corrected chi connectivity index (χ3v) is 3.23. The molecule has 0 saturated carbocycles. The first-order chi connectivity index (χ1) is 8.09. The van der Waals surface area contributed by atoms with Crippen molar-refractivity contribution in [2.75, 3.05) is 13.1 Å². The number of nitrogens with zero attached hydrogens (tertiary/aromatic N) is 4. The van der Waals surface area contributed by atoms with Gasteiger partial charge < -0.3 is 15.2 Å². The zero-order chi connectivity index (χ0) is 12.4. The van der Waals surface area contributed by atoms with Crippen molar-refractivity contribution in [2.24, 2.45) is 12.8 Å². The highest BCUT2D eigenvalue weighted by Crippen LogP contribution is 2.25. The first-order valence-electron chi connectivity index (χ1n) is 5.98. The van der Waals surface area contributed by atoms with Gasteiger partial charge in [0.2, 0.25) is 5.91 Å². The average molecular weight is 237 g/mol. The van der Waals surface area contributed by atoms with Crippen LogP contribution >= 0.6 is 0 Å². The first-order valence-corrected chi connectivity index (χ1v) is 5.98. The summed E-state index contributed by atoms with van der Waals surface area (Å²) in [6.45, 7) is 3.23. The number of nitrogens with two attached hydrogens (primary N) is 1. The number of hydrogen-bond donors (Lipinski definition) is 1. The van der Waals surface area contributed by atoms with Gasteiger partial charge in [0.25, 0.3) is 0 Å². The molecular formula is C11H19N5O. The molecule has 2 unspecified atom stereocenters. The summed E-state index contributed by atoms with van der Waals surface area (Å²) < 4.78 is 1.92. The number of aryl methyl sites for hydroxylation is 1. The highest BCUT2D eigenvalue weighted by atomic mass is 16.2. The van der Waals surface area contributed by atoms with Crippen molar-refractivity contribution in [3.05, 3.63) is 12.2 Å². The van der Waals surface area contributed by atoms with Gasteiger partial charge in [-0.25, -0.2) is 0 Å². The van der Waals surface area contributed by atoms with Crippen LogP contribution in [0.3, 0.4) is 0 Å². The van der Waals surface area contributed by atoms with E-state index < -0.39 is 6.04 Å². The Kier molecular flexibility index (Phi) is 3.42. The van der Waals surface area contributed by atoms with Gasteiger partial charge in [-0.05, 0) is 19.8 Å². The fourth-order valence-corrected chi connectivity index (χ4v) is 2.34. The molecule has 6 nitrogen and oxygen atoms in total. The monoisotopic (exact) mass is 237 g/mol. The molecule has 1 amide bonds. The number of carbonyl (C=O) groups is 1. The topological polar surface area (TPSA) is 77.0 Å². The lowest BCUT2D eigenvalue weighted by Crippen LogP contribution is -2.46. The molecule has 1 aliphatic rings. The fraction of sp³-hybridized carbons (Fsp3) is 0.727. The third kappa shape index (κ3) is 2.46. The van der Waals surface area contributed by atoms with E-state index >= 15 is 0 Å². The molecule has 17 heavy (non-hydrogen) atoms. The van der Waals surface area contributed by atoms with Crippen molar-refractivity contribution in [1.29, 1.82) is 0 Å². The first kappa shape index (κ1) is 12.0. The summed E-state index contributed by atoms with van der Waals surface area (Å²) in [5.41, 5.74) is 5.64. The number of aromatic nitrogens is 3. The van der Waals surface area contributed by atoms with Gasteiger partial charge in [0.15, 0.2) is 0 Å². The zero-order valence-corrected chi connectivity index (χ0v) is 10.3. The molecule has 2 rings (SSSR count). The van der Waals surface area contributed by atoms with E-state index in [1.807, 2.05) is 16.5 Å². The highest BCUT2D eigenvalue weighted by molar-refractivity contribution is 5.81. The van der Waals surface area contributed by atoms with Crippen LogP contribution in [-0.2, 0) is 11.8 Å². The predicted molar refractivity (Wildman–Crippen MR) is 63.2 cm³/mol. The van der Waals surface area contributed by atoms with Crippen molar-refractivity contribution in [3.8, 4) is 0 Å². The number of piperidine rings is 1. The summed E-state index contributed by atoms with van der Waals surface area (Å²) in [7, 11) is 1.93. The van der Waals surface area contributed by atoms with Crippen molar-refractivity contribution in [1.82, 2.24) is 19.7 Å². The molecule has 2 atom stereocenters. The SMILES string of the molecule is CC(N)C(=O)N1CCCC(c2nncn2C)C1. The Morgan fingerprint density at radius 2 is 2.41 bits per heavy atom. The van der Waals surface area contributed by atoms with Gasteiger partial charge in [-0.2, -0.15) is 0 Å². The van der Waals surface area contributed by atoms with Crippen LogP contribution in [-0.4, -0.2) is 44.7 Å². The Labute approximate surface area is 101 Å². The maximum Gasteiger partial charge on any atom is 0.239 e. The minimum atomic E-state index is -0.423. The normalized spacial score (nSPS) is 22.5. The number of amides is 1. The van der Waals surface area contributed by atoms with Crippen LogP contribution in [0.4, 0.5) is 0 Å². The number of hydrogen-bond acceptors (Lipinski definition) is 4. The van der Waals surface area contributed by atoms with Gasteiger partial charge in [0.05, 0.1) is 6.04 Å². The predicted octanol–water partition coefficient (Wildman–Crippen LogP) is -0.132. The van der Waals surface area contributed by atoms with E-state index in [2.05, 4.69) is 10.2 Å². The summed E-state index contributed by atoms with van der Waals surface area (Å²) in [6.07, 6.45) is 3.74. The lowest BCUT2D eigenvalue weighted by molar-refractivity contribution is -0.133. The molecule has 0 aromatic carbocycles. The van der Waals surface area contributed by atoms with Crippen molar-refractivity contribution < 1.29 is 4.79 Å². The Balaban J connectivity index is 2.08. The molecule has 0 aliphatic carbocycles. The molecule has 0 bridgehead atoms. The summed E-state index contributed by atoms with van der Waals surface area (Å²) in [5.74, 6) is 1.25. The van der Waals surface area contributed by atoms with Gasteiger partial charge in [0.1, 0.15) is 12.2 Å². The molecule has 0 spiro atoms. The summed E-state index contributed by atoms with van der Waals surface area (Å²) >= 11 is 0. The van der Waals surface area contributed by atoms with E-state index in [1.165, 1.54) is 0 Å². The molecule has 2 heterocycles. The van der Waals surface area contributed by atoms with Gasteiger partial charge in [-0.15, -0.1) is 10.2 Å². The van der Waals surface area contributed by atoms with Crippen molar-refractivity contribution in [3.63, 3.8) is 0 Å². The molecule has 2 N–H and O–H groups in total. The molecule has 1 fully saturated rings. The molecule has 0 radical (unpaired) electrons. The largest absolute Gasteiger partial charge is 0.341 e. The van der Waals surface area contributed by atoms with Crippen molar-refractivity contribution in [2.45, 2.75) is 31.7 Å². The molecule has 94 valence electrons. The molecule has 1 aromatic rings. The van der Waals surface area contributed by atoms with Crippen LogP contribution in [0, 0.1) is 0 Å². The van der Waals surface area contributed by atoms with Crippen LogP contribution in [0.15, 0.2) is 6.33 Å². The maximum atomic E-state index is 11.9. The standard InChI is InChI=1S/C11H19N5O/c1-8(12)11(17)16-5-3-4-9(6-16)10-14-13-7-15(10)2/h7-9H,3-6,12H2,1-2H3. The van der Waals surface area contributed by atoms with Crippen molar-refractivity contribution >= 4 is 5.91 Å². The third-order valence-electron chi connectivity index (χ3n) is 3.23. The second-order valence-corrected chi connectivity index (χ2v) is 4.71. The van der Waals surface area contributed by atoms with Crippen LogP contribution in [0.5, 0.6) is 0 Å². The van der Waals surface area contributed by atoms with Gasteiger partial charge >= 0.3 is 0 Å². The lowest BCUT2D eigenvalue weighted by Gasteiger charge is -2.33. The van der Waals surface area contributed by atoms with Crippen LogP contribution in [0.1, 0.15) is 31.5 Å². The van der Waals surface area contributed by atoms with Crippen LogP contribution in [0.2, 0.25) is 0 Å². The van der Waals surface area contributed by atoms with E-state index in [1.54, 1.807) is 13.3 Å². The molecular weight excluding hydrogens is 218 g/mol. The van der Waals surface area contributed by atoms with E-state index in [4.69, 9.17) is 5.73 Å². The highest BCUT2D eigenvalue weighted by Gasteiger charge is 2.28. The average Bonchev–Trinajstić information content (AvgIpc) is 2.74. The van der Waals surface area contributed by atoms with E-state index in [9.17, 15) is 4.79 Å². The second-order valence-electron chi connectivity index (χ2n) is 4.71. The summed E-state index contributed by atoms with van der Waals surface area (Å²) in [4.78, 5) is 13.7. The Morgan fingerprint density at radius 3 is 3.00 bits per heavy atom. The Hall–Kier alpha value is -1.43. The molecule has 1 aliphatic heterocycles. The number of likely N-dealkylation sites (tertiary alicyclic amines) is 1. The quantitative estimate of drug-likeness (QED) is 0.777. The minimum absolute atomic E-state index is 0.0249. The molecule has 1 aromatic heterocycles. The summed E-state index contributed by atoms with van der Waals surface area (Å²) in [5, 5.41) is 8.01. The fourth-order valence-electron chi connectivity index (χ4n) is 2.34. The zero-order valence-electron chi connectivity index (χ0n) is 10.3. The van der Waals surface area contributed by atoms with Gasteiger partial charge in [-0.3, -0.25) is 4.79 Å². The van der Waals surface area contributed by atoms with E-state index in [0.29, 0.717) is 6.54 Å². The van der Waals surface area contributed by atoms with Gasteiger partial charge in [-0.1, -0.05) is 0 Å². The molecule has 1 saturated heterocycles. The van der Waals surface area contributed by atoms with Crippen LogP contribution < -0.4 is 5.73 Å².